The lowest BCUT2D eigenvalue weighted by atomic mass is 9.99. The Kier molecular flexibility index (Phi) is 41.7. The van der Waals surface area contributed by atoms with Crippen molar-refractivity contribution in [1.29, 1.82) is 0 Å². The minimum absolute atomic E-state index is 0.123. The van der Waals surface area contributed by atoms with Crippen LogP contribution in [0.15, 0.2) is 72.9 Å². The van der Waals surface area contributed by atoms with E-state index >= 15 is 0 Å². The zero-order chi connectivity index (χ0) is 45.7. The minimum Gasteiger partial charge on any atom is -0.457 e. The Morgan fingerprint density at radius 3 is 1.48 bits per heavy atom. The van der Waals surface area contributed by atoms with Crippen LogP contribution in [0.25, 0.3) is 0 Å². The van der Waals surface area contributed by atoms with Crippen LogP contribution >= 0.6 is 0 Å². The highest BCUT2D eigenvalue weighted by atomic mass is 16.7. The molecule has 4 N–H and O–H groups in total. The normalized spacial score (nSPS) is 20.3. The Bertz CT molecular complexity index is 1190. The van der Waals surface area contributed by atoms with Crippen molar-refractivity contribution in [2.24, 2.45) is 0 Å². The van der Waals surface area contributed by atoms with E-state index in [-0.39, 0.29) is 19.2 Å². The number of aliphatic hydroxyl groups excluding tert-OH is 4. The molecule has 1 saturated heterocycles. The molecule has 0 aromatic heterocycles. The molecule has 364 valence electrons. The zero-order valence-electron chi connectivity index (χ0n) is 40.1. The minimum atomic E-state index is -1.54. The number of aliphatic hydroxyl groups is 4. The van der Waals surface area contributed by atoms with Gasteiger partial charge in [0.1, 0.15) is 30.5 Å². The quantitative estimate of drug-likeness (QED) is 0.0268. The third-order valence-electron chi connectivity index (χ3n) is 11.4. The molecule has 1 fully saturated rings. The van der Waals surface area contributed by atoms with Gasteiger partial charge in [0, 0.05) is 13.0 Å². The molecule has 0 aromatic rings. The van der Waals surface area contributed by atoms with E-state index in [1.807, 2.05) is 0 Å². The summed E-state index contributed by atoms with van der Waals surface area (Å²) in [6.07, 6.45) is 52.2. The Balaban J connectivity index is 2.22. The second kappa shape index (κ2) is 44.8. The maximum atomic E-state index is 12.8. The molecule has 1 rings (SSSR count). The predicted molar refractivity (Wildman–Crippen MR) is 260 cm³/mol. The van der Waals surface area contributed by atoms with Crippen LogP contribution in [0.3, 0.4) is 0 Å². The van der Waals surface area contributed by atoms with Crippen molar-refractivity contribution in [1.82, 2.24) is 0 Å². The summed E-state index contributed by atoms with van der Waals surface area (Å²) in [6, 6.07) is 0. The van der Waals surface area contributed by atoms with Crippen LogP contribution in [0.1, 0.15) is 200 Å². The van der Waals surface area contributed by atoms with Crippen LogP contribution in [0, 0.1) is 0 Å². The molecule has 0 saturated carbocycles. The van der Waals surface area contributed by atoms with Gasteiger partial charge in [0.2, 0.25) is 0 Å². The molecule has 9 nitrogen and oxygen atoms in total. The van der Waals surface area contributed by atoms with Crippen molar-refractivity contribution >= 4 is 5.97 Å². The smallest absolute Gasteiger partial charge is 0.306 e. The molecule has 6 unspecified atom stereocenters. The van der Waals surface area contributed by atoms with Gasteiger partial charge in [0.15, 0.2) is 6.29 Å². The fraction of sp³-hybridized carbons (Fsp3) is 0.759. The third kappa shape index (κ3) is 35.6. The summed E-state index contributed by atoms with van der Waals surface area (Å²) in [7, 11) is 0. The molecule has 1 aliphatic heterocycles. The maximum absolute atomic E-state index is 12.8. The first-order valence-corrected chi connectivity index (χ1v) is 25.5. The average molecular weight is 887 g/mol. The second-order valence-electron chi connectivity index (χ2n) is 17.2. The van der Waals surface area contributed by atoms with Crippen LogP contribution in [-0.4, -0.2) is 89.6 Å². The number of carbonyl (C=O) groups excluding carboxylic acids is 1. The number of unbranched alkanes of at least 4 members (excludes halogenated alkanes) is 20. The van der Waals surface area contributed by atoms with Crippen molar-refractivity contribution in [3.8, 4) is 0 Å². The Morgan fingerprint density at radius 2 is 0.968 bits per heavy atom. The van der Waals surface area contributed by atoms with Gasteiger partial charge in [-0.15, -0.1) is 0 Å². The average Bonchev–Trinajstić information content (AvgIpc) is 3.28. The van der Waals surface area contributed by atoms with E-state index in [9.17, 15) is 25.2 Å². The molecular formula is C54H94O9. The fourth-order valence-electron chi connectivity index (χ4n) is 7.40. The van der Waals surface area contributed by atoms with Crippen LogP contribution in [-0.2, 0) is 23.7 Å². The van der Waals surface area contributed by atoms with Crippen molar-refractivity contribution < 1.29 is 44.2 Å². The monoisotopic (exact) mass is 887 g/mol. The van der Waals surface area contributed by atoms with Crippen LogP contribution in [0.2, 0.25) is 0 Å². The molecule has 1 aliphatic rings. The summed E-state index contributed by atoms with van der Waals surface area (Å²) < 4.78 is 22.9. The Hall–Kier alpha value is -2.37. The molecule has 63 heavy (non-hydrogen) atoms. The van der Waals surface area contributed by atoms with Crippen molar-refractivity contribution in [3.05, 3.63) is 72.9 Å². The van der Waals surface area contributed by atoms with Gasteiger partial charge in [0.05, 0.1) is 19.8 Å². The second-order valence-corrected chi connectivity index (χ2v) is 17.2. The van der Waals surface area contributed by atoms with Gasteiger partial charge < -0.3 is 39.4 Å². The lowest BCUT2D eigenvalue weighted by molar-refractivity contribution is -0.305. The molecule has 0 aromatic carbocycles. The molecule has 1 heterocycles. The number of allylic oxidation sites excluding steroid dienone is 12. The number of hydrogen-bond donors (Lipinski definition) is 4. The van der Waals surface area contributed by atoms with Crippen molar-refractivity contribution in [2.45, 2.75) is 237 Å². The maximum Gasteiger partial charge on any atom is 0.306 e. The topological polar surface area (TPSA) is 135 Å². The van der Waals surface area contributed by atoms with E-state index in [0.29, 0.717) is 13.0 Å². The van der Waals surface area contributed by atoms with Gasteiger partial charge in [-0.3, -0.25) is 4.79 Å². The Labute approximate surface area is 385 Å². The highest BCUT2D eigenvalue weighted by Crippen LogP contribution is 2.22. The largest absolute Gasteiger partial charge is 0.457 e. The van der Waals surface area contributed by atoms with E-state index < -0.39 is 43.4 Å². The van der Waals surface area contributed by atoms with Gasteiger partial charge in [-0.05, 0) is 83.5 Å². The highest BCUT2D eigenvalue weighted by molar-refractivity contribution is 5.69. The van der Waals surface area contributed by atoms with Crippen LogP contribution in [0.4, 0.5) is 0 Å². The van der Waals surface area contributed by atoms with E-state index in [2.05, 4.69) is 86.8 Å². The lowest BCUT2D eigenvalue weighted by Crippen LogP contribution is -2.59. The van der Waals surface area contributed by atoms with Crippen LogP contribution in [0.5, 0.6) is 0 Å². The fourth-order valence-corrected chi connectivity index (χ4v) is 7.40. The van der Waals surface area contributed by atoms with Crippen molar-refractivity contribution in [2.75, 3.05) is 26.4 Å². The molecule has 0 bridgehead atoms. The number of carbonyl (C=O) groups is 1. The number of rotatable bonds is 43. The summed E-state index contributed by atoms with van der Waals surface area (Å²) in [5, 5.41) is 40.2. The van der Waals surface area contributed by atoms with E-state index in [1.165, 1.54) is 89.9 Å². The third-order valence-corrected chi connectivity index (χ3v) is 11.4. The van der Waals surface area contributed by atoms with Crippen LogP contribution < -0.4 is 0 Å². The number of ether oxygens (including phenoxy) is 4. The Morgan fingerprint density at radius 1 is 0.524 bits per heavy atom. The molecule has 0 aliphatic carbocycles. The van der Waals surface area contributed by atoms with Gasteiger partial charge in [0.25, 0.3) is 0 Å². The van der Waals surface area contributed by atoms with Crippen molar-refractivity contribution in [3.63, 3.8) is 0 Å². The summed E-state index contributed by atoms with van der Waals surface area (Å²) in [5.74, 6) is -0.327. The van der Waals surface area contributed by atoms with Gasteiger partial charge in [-0.25, -0.2) is 0 Å². The first-order valence-electron chi connectivity index (χ1n) is 25.5. The summed E-state index contributed by atoms with van der Waals surface area (Å²) in [4.78, 5) is 12.8. The summed E-state index contributed by atoms with van der Waals surface area (Å²) in [5.41, 5.74) is 0. The highest BCUT2D eigenvalue weighted by Gasteiger charge is 2.44. The molecular weight excluding hydrogens is 793 g/mol. The van der Waals surface area contributed by atoms with Gasteiger partial charge >= 0.3 is 5.97 Å². The van der Waals surface area contributed by atoms with Gasteiger partial charge in [-0.1, -0.05) is 183 Å². The predicted octanol–water partition coefficient (Wildman–Crippen LogP) is 12.4. The standard InChI is InChI=1S/C54H94O9/c1-3-5-7-9-11-13-15-17-19-21-22-23-24-25-26-27-28-30-32-34-36-38-40-42-44-60-46-48(47-61-54-53(59)52(58)51(57)49(45-55)63-54)62-50(56)43-41-39-37-35-33-31-29-20-18-16-14-12-10-8-6-4-2/h5,7,11,13,17,19-20,22-23,25-26,29,48-49,51-55,57-59H,3-4,6,8-10,12,14-16,18,21,24,27-28,30-47H2,1-2H3/b7-5-,13-11-,19-17-,23-22-,26-25-,29-20-. The molecule has 0 radical (unpaired) electrons. The molecule has 6 atom stereocenters. The molecule has 0 spiro atoms. The molecule has 0 amide bonds. The lowest BCUT2D eigenvalue weighted by Gasteiger charge is -2.39. The SMILES string of the molecule is CC/C=C\C/C=C\C/C=C\C/C=C\C/C=C\CCCCCCCCCCOCC(COC1OC(CO)C(O)C(O)C1O)OC(=O)CCCCCCC/C=C\CCCCCCCCC. The number of esters is 1. The number of hydrogen-bond acceptors (Lipinski definition) is 9. The summed E-state index contributed by atoms with van der Waals surface area (Å²) >= 11 is 0. The van der Waals surface area contributed by atoms with E-state index in [4.69, 9.17) is 18.9 Å². The first-order chi connectivity index (χ1) is 30.9. The van der Waals surface area contributed by atoms with Gasteiger partial charge in [-0.2, -0.15) is 0 Å². The van der Waals surface area contributed by atoms with E-state index in [0.717, 1.165) is 89.9 Å². The zero-order valence-corrected chi connectivity index (χ0v) is 40.1. The van der Waals surface area contributed by atoms with E-state index in [1.54, 1.807) is 0 Å². The first kappa shape index (κ1) is 58.6. The summed E-state index contributed by atoms with van der Waals surface area (Å²) in [6.45, 7) is 4.41. The molecule has 9 heteroatoms.